The van der Waals surface area contributed by atoms with E-state index in [2.05, 4.69) is 30.2 Å². The lowest BCUT2D eigenvalue weighted by atomic mass is 10.00. The molecule has 1 aromatic heterocycles. The molecule has 3 rings (SSSR count). The van der Waals surface area contributed by atoms with Gasteiger partial charge in [0, 0.05) is 12.6 Å². The maximum atomic E-state index is 12.9. The molecule has 1 aromatic carbocycles. The van der Waals surface area contributed by atoms with Crippen molar-refractivity contribution >= 4 is 5.91 Å². The van der Waals surface area contributed by atoms with Crippen LogP contribution in [-0.4, -0.2) is 44.4 Å². The van der Waals surface area contributed by atoms with E-state index in [9.17, 15) is 9.90 Å². The molecule has 5 nitrogen and oxygen atoms in total. The van der Waals surface area contributed by atoms with Gasteiger partial charge in [0.15, 0.2) is 0 Å². The summed E-state index contributed by atoms with van der Waals surface area (Å²) >= 11 is 0. The van der Waals surface area contributed by atoms with Gasteiger partial charge in [-0.05, 0) is 57.7 Å². The molecule has 5 heteroatoms. The number of aliphatic hydroxyl groups excluding tert-OH is 1. The maximum Gasteiger partial charge on any atom is 0.257 e. The number of aryl methyl sites for hydroxylation is 2. The summed E-state index contributed by atoms with van der Waals surface area (Å²) in [6.45, 7) is 8.62. The van der Waals surface area contributed by atoms with Gasteiger partial charge in [0.2, 0.25) is 0 Å². The minimum Gasteiger partial charge on any atom is -0.393 e. The van der Waals surface area contributed by atoms with E-state index in [1.807, 2.05) is 30.4 Å². The summed E-state index contributed by atoms with van der Waals surface area (Å²) in [4.78, 5) is 14.8. The fourth-order valence-electron chi connectivity index (χ4n) is 3.41. The minimum atomic E-state index is -0.303. The summed E-state index contributed by atoms with van der Waals surface area (Å²) < 4.78 is 1.85. The summed E-state index contributed by atoms with van der Waals surface area (Å²) in [6, 6.07) is 6.28. The molecule has 24 heavy (non-hydrogen) atoms. The largest absolute Gasteiger partial charge is 0.393 e. The molecule has 1 N–H and O–H groups in total. The highest BCUT2D eigenvalue weighted by molar-refractivity contribution is 5.95. The van der Waals surface area contributed by atoms with Gasteiger partial charge in [0.25, 0.3) is 5.91 Å². The molecule has 2 aromatic rings. The smallest absolute Gasteiger partial charge is 0.257 e. The molecule has 0 aliphatic carbocycles. The van der Waals surface area contributed by atoms with Crippen LogP contribution in [0.2, 0.25) is 0 Å². The van der Waals surface area contributed by atoms with Gasteiger partial charge in [-0.1, -0.05) is 12.1 Å². The Morgan fingerprint density at radius 3 is 2.75 bits per heavy atom. The summed E-state index contributed by atoms with van der Waals surface area (Å²) in [5.74, 6) is 0.00320. The Hall–Kier alpha value is -2.14. The van der Waals surface area contributed by atoms with E-state index in [-0.39, 0.29) is 18.1 Å². The molecular formula is C19H25N3O2. The average molecular weight is 327 g/mol. The molecule has 1 saturated heterocycles. The van der Waals surface area contributed by atoms with Crippen molar-refractivity contribution in [2.24, 2.45) is 0 Å². The molecule has 0 spiro atoms. The van der Waals surface area contributed by atoms with Crippen LogP contribution in [0.1, 0.15) is 46.9 Å². The van der Waals surface area contributed by atoms with Crippen LogP contribution in [0, 0.1) is 20.8 Å². The van der Waals surface area contributed by atoms with Crippen molar-refractivity contribution in [3.05, 3.63) is 46.8 Å². The quantitative estimate of drug-likeness (QED) is 0.923. The first kappa shape index (κ1) is 16.7. The molecule has 1 fully saturated rings. The lowest BCUT2D eigenvalue weighted by molar-refractivity contribution is 0.0364. The van der Waals surface area contributed by atoms with Crippen molar-refractivity contribution in [1.82, 2.24) is 14.7 Å². The number of hydrogen-bond acceptors (Lipinski definition) is 3. The van der Waals surface area contributed by atoms with Crippen LogP contribution in [0.25, 0.3) is 5.69 Å². The number of likely N-dealkylation sites (tertiary alicyclic amines) is 1. The molecule has 0 radical (unpaired) electrons. The molecule has 0 bridgehead atoms. The summed E-state index contributed by atoms with van der Waals surface area (Å²) in [5, 5.41) is 14.2. The topological polar surface area (TPSA) is 58.4 Å². The normalized spacial score (nSPS) is 21.1. The van der Waals surface area contributed by atoms with Gasteiger partial charge in [-0.25, -0.2) is 4.68 Å². The number of rotatable bonds is 2. The number of aliphatic hydroxyl groups is 1. The van der Waals surface area contributed by atoms with Crippen molar-refractivity contribution in [2.45, 2.75) is 52.7 Å². The third-order valence-electron chi connectivity index (χ3n) is 4.94. The molecule has 1 aliphatic heterocycles. The van der Waals surface area contributed by atoms with E-state index >= 15 is 0 Å². The molecule has 2 heterocycles. The van der Waals surface area contributed by atoms with Crippen LogP contribution < -0.4 is 0 Å². The SMILES string of the molecule is Cc1ccc(C)c(-n2ncc(C(=O)N3CC[C@@H](O)C[C@H]3C)c2C)c1. The van der Waals surface area contributed by atoms with Crippen LogP contribution >= 0.6 is 0 Å². The zero-order valence-corrected chi connectivity index (χ0v) is 14.8. The molecular weight excluding hydrogens is 302 g/mol. The first-order chi connectivity index (χ1) is 11.4. The van der Waals surface area contributed by atoms with E-state index in [0.717, 1.165) is 22.5 Å². The standard InChI is InChI=1S/C19H25N3O2/c1-12-5-6-13(2)18(9-12)22-15(4)17(11-20-22)19(24)21-8-7-16(23)10-14(21)3/h5-6,9,11,14,16,23H,7-8,10H2,1-4H3/t14-,16-/m1/s1. The predicted molar refractivity (Wildman–Crippen MR) is 93.5 cm³/mol. The Kier molecular flexibility index (Phi) is 4.45. The second kappa shape index (κ2) is 6.40. The summed E-state index contributed by atoms with van der Waals surface area (Å²) in [5.41, 5.74) is 4.79. The average Bonchev–Trinajstić information content (AvgIpc) is 2.90. The number of carbonyl (C=O) groups is 1. The number of nitrogens with zero attached hydrogens (tertiary/aromatic N) is 3. The lowest BCUT2D eigenvalue weighted by Crippen LogP contribution is -2.46. The third kappa shape index (κ3) is 2.96. The van der Waals surface area contributed by atoms with Gasteiger partial charge in [-0.2, -0.15) is 5.10 Å². The van der Waals surface area contributed by atoms with Crippen LogP contribution in [0.5, 0.6) is 0 Å². The molecule has 0 saturated carbocycles. The number of aromatic nitrogens is 2. The van der Waals surface area contributed by atoms with E-state index in [1.165, 1.54) is 0 Å². The number of carbonyl (C=O) groups excluding carboxylic acids is 1. The predicted octanol–water partition coefficient (Wildman–Crippen LogP) is 2.78. The van der Waals surface area contributed by atoms with Crippen LogP contribution in [0.4, 0.5) is 0 Å². The Balaban J connectivity index is 1.92. The number of benzene rings is 1. The van der Waals surface area contributed by atoms with Gasteiger partial charge in [0.05, 0.1) is 29.2 Å². The van der Waals surface area contributed by atoms with Gasteiger partial charge in [0.1, 0.15) is 0 Å². The molecule has 1 amide bonds. The van der Waals surface area contributed by atoms with Crippen molar-refractivity contribution in [3.63, 3.8) is 0 Å². The summed E-state index contributed by atoms with van der Waals surface area (Å²) in [6.07, 6.45) is 2.63. The van der Waals surface area contributed by atoms with Gasteiger partial charge in [-0.15, -0.1) is 0 Å². The van der Waals surface area contributed by atoms with Gasteiger partial charge < -0.3 is 10.0 Å². The van der Waals surface area contributed by atoms with E-state index in [0.29, 0.717) is 24.9 Å². The number of hydrogen-bond donors (Lipinski definition) is 1. The second-order valence-corrected chi connectivity index (χ2v) is 6.87. The van der Waals surface area contributed by atoms with E-state index in [4.69, 9.17) is 0 Å². The van der Waals surface area contributed by atoms with Crippen LogP contribution in [0.15, 0.2) is 24.4 Å². The fraction of sp³-hybridized carbons (Fsp3) is 0.474. The monoisotopic (exact) mass is 327 g/mol. The molecule has 0 unspecified atom stereocenters. The van der Waals surface area contributed by atoms with Crippen LogP contribution in [-0.2, 0) is 0 Å². The Labute approximate surface area is 142 Å². The zero-order chi connectivity index (χ0) is 17.4. The Bertz CT molecular complexity index is 766. The third-order valence-corrected chi connectivity index (χ3v) is 4.94. The highest BCUT2D eigenvalue weighted by Crippen LogP contribution is 2.23. The van der Waals surface area contributed by atoms with Gasteiger partial charge in [-0.3, -0.25) is 4.79 Å². The lowest BCUT2D eigenvalue weighted by Gasteiger charge is -2.35. The van der Waals surface area contributed by atoms with Crippen molar-refractivity contribution in [1.29, 1.82) is 0 Å². The Morgan fingerprint density at radius 1 is 1.29 bits per heavy atom. The fourth-order valence-corrected chi connectivity index (χ4v) is 3.41. The Morgan fingerprint density at radius 2 is 2.04 bits per heavy atom. The number of amides is 1. The molecule has 128 valence electrons. The van der Waals surface area contributed by atoms with Crippen molar-refractivity contribution in [3.8, 4) is 5.69 Å². The first-order valence-corrected chi connectivity index (χ1v) is 8.49. The maximum absolute atomic E-state index is 12.9. The van der Waals surface area contributed by atoms with Crippen LogP contribution in [0.3, 0.4) is 0 Å². The van der Waals surface area contributed by atoms with E-state index < -0.39 is 0 Å². The zero-order valence-electron chi connectivity index (χ0n) is 14.8. The molecule has 2 atom stereocenters. The number of piperidine rings is 1. The molecule has 1 aliphatic rings. The minimum absolute atomic E-state index is 0.00320. The summed E-state index contributed by atoms with van der Waals surface area (Å²) in [7, 11) is 0. The first-order valence-electron chi connectivity index (χ1n) is 8.49. The highest BCUT2D eigenvalue weighted by atomic mass is 16.3. The van der Waals surface area contributed by atoms with Crippen molar-refractivity contribution in [2.75, 3.05) is 6.54 Å². The highest BCUT2D eigenvalue weighted by Gasteiger charge is 2.30. The van der Waals surface area contributed by atoms with Crippen molar-refractivity contribution < 1.29 is 9.90 Å². The second-order valence-electron chi connectivity index (χ2n) is 6.87. The van der Waals surface area contributed by atoms with E-state index in [1.54, 1.807) is 6.20 Å². The van der Waals surface area contributed by atoms with Gasteiger partial charge >= 0.3 is 0 Å².